The van der Waals surface area contributed by atoms with Crippen LogP contribution in [0, 0.1) is 13.8 Å². The van der Waals surface area contributed by atoms with E-state index in [9.17, 15) is 14.7 Å². The third kappa shape index (κ3) is 5.06. The molecule has 0 bridgehead atoms. The molecule has 0 saturated heterocycles. The summed E-state index contributed by atoms with van der Waals surface area (Å²) < 4.78 is 1.56. The van der Waals surface area contributed by atoms with Crippen LogP contribution in [-0.2, 0) is 4.79 Å². The van der Waals surface area contributed by atoms with Gasteiger partial charge in [-0.1, -0.05) is 36.4 Å². The van der Waals surface area contributed by atoms with Gasteiger partial charge in [-0.25, -0.2) is 4.79 Å². The van der Waals surface area contributed by atoms with Crippen molar-refractivity contribution >= 4 is 29.3 Å². The summed E-state index contributed by atoms with van der Waals surface area (Å²) in [6.45, 7) is 5.99. The van der Waals surface area contributed by atoms with E-state index >= 15 is 0 Å². The molecule has 0 radical (unpaired) electrons. The standard InChI is InChI=1S/C22H23N3O3S/c1-14-9-10-18(11-15(14)2)29-13-20(26)23-19-12-25(24-21(19)22(27)28)16(3)17-7-5-4-6-8-17/h4-12,16H,13H2,1-3H3,(H,23,26)(H,27,28). The van der Waals surface area contributed by atoms with Crippen molar-refractivity contribution in [1.82, 2.24) is 9.78 Å². The summed E-state index contributed by atoms with van der Waals surface area (Å²) in [5.74, 6) is -1.27. The van der Waals surface area contributed by atoms with Gasteiger partial charge in [0.25, 0.3) is 0 Å². The van der Waals surface area contributed by atoms with Crippen molar-refractivity contribution in [2.75, 3.05) is 11.1 Å². The average molecular weight is 410 g/mol. The van der Waals surface area contributed by atoms with Crippen molar-refractivity contribution in [3.63, 3.8) is 0 Å². The van der Waals surface area contributed by atoms with E-state index in [0.29, 0.717) is 0 Å². The number of hydrogen-bond acceptors (Lipinski definition) is 4. The zero-order valence-electron chi connectivity index (χ0n) is 16.5. The van der Waals surface area contributed by atoms with Crippen molar-refractivity contribution in [2.24, 2.45) is 0 Å². The van der Waals surface area contributed by atoms with Crippen molar-refractivity contribution in [2.45, 2.75) is 31.7 Å². The molecule has 7 heteroatoms. The first-order valence-electron chi connectivity index (χ1n) is 9.22. The van der Waals surface area contributed by atoms with Crippen LogP contribution in [0.5, 0.6) is 0 Å². The number of carbonyl (C=O) groups is 2. The second-order valence-corrected chi connectivity index (χ2v) is 7.89. The topological polar surface area (TPSA) is 84.2 Å². The molecule has 2 aromatic carbocycles. The Morgan fingerprint density at radius 1 is 1.14 bits per heavy atom. The maximum absolute atomic E-state index is 12.4. The Kier molecular flexibility index (Phi) is 6.39. The monoisotopic (exact) mass is 409 g/mol. The summed E-state index contributed by atoms with van der Waals surface area (Å²) >= 11 is 1.41. The van der Waals surface area contributed by atoms with Crippen molar-refractivity contribution in [1.29, 1.82) is 0 Å². The van der Waals surface area contributed by atoms with Crippen molar-refractivity contribution in [3.8, 4) is 0 Å². The molecule has 0 spiro atoms. The number of benzene rings is 2. The van der Waals surface area contributed by atoms with E-state index in [2.05, 4.69) is 10.4 Å². The first-order valence-corrected chi connectivity index (χ1v) is 10.2. The van der Waals surface area contributed by atoms with Crippen molar-refractivity contribution in [3.05, 3.63) is 77.1 Å². The normalized spacial score (nSPS) is 11.8. The molecule has 1 heterocycles. The number of hydrogen-bond donors (Lipinski definition) is 2. The number of aromatic carboxylic acids is 1. The molecule has 1 atom stereocenters. The molecule has 3 rings (SSSR count). The van der Waals surface area contributed by atoms with Crippen LogP contribution in [0.15, 0.2) is 59.6 Å². The Morgan fingerprint density at radius 2 is 1.86 bits per heavy atom. The summed E-state index contributed by atoms with van der Waals surface area (Å²) in [7, 11) is 0. The van der Waals surface area contributed by atoms with E-state index < -0.39 is 5.97 Å². The third-order valence-electron chi connectivity index (χ3n) is 4.74. The Bertz CT molecular complexity index is 1030. The van der Waals surface area contributed by atoms with Gasteiger partial charge in [0.1, 0.15) is 0 Å². The molecule has 2 N–H and O–H groups in total. The molecule has 1 amide bonds. The number of anilines is 1. The Labute approximate surface area is 173 Å². The summed E-state index contributed by atoms with van der Waals surface area (Å²) in [6, 6.07) is 15.5. The lowest BCUT2D eigenvalue weighted by Crippen LogP contribution is -2.15. The highest BCUT2D eigenvalue weighted by Crippen LogP contribution is 2.24. The van der Waals surface area contributed by atoms with Gasteiger partial charge in [-0.15, -0.1) is 11.8 Å². The number of amides is 1. The van der Waals surface area contributed by atoms with Crippen LogP contribution in [0.3, 0.4) is 0 Å². The summed E-state index contributed by atoms with van der Waals surface area (Å²) in [5.41, 5.74) is 3.39. The van der Waals surface area contributed by atoms with Crippen LogP contribution in [0.2, 0.25) is 0 Å². The number of aromatic nitrogens is 2. The Balaban J connectivity index is 1.72. The first-order chi connectivity index (χ1) is 13.8. The minimum absolute atomic E-state index is 0.162. The van der Waals surface area contributed by atoms with Gasteiger partial charge in [-0.3, -0.25) is 9.48 Å². The largest absolute Gasteiger partial charge is 0.476 e. The second-order valence-electron chi connectivity index (χ2n) is 6.85. The highest BCUT2D eigenvalue weighted by Gasteiger charge is 2.20. The maximum atomic E-state index is 12.4. The minimum atomic E-state index is -1.18. The molecule has 0 saturated carbocycles. The first kappa shape index (κ1) is 20.7. The lowest BCUT2D eigenvalue weighted by atomic mass is 10.1. The molecule has 150 valence electrons. The third-order valence-corrected chi connectivity index (χ3v) is 5.73. The molecule has 29 heavy (non-hydrogen) atoms. The molecule has 3 aromatic rings. The zero-order chi connectivity index (χ0) is 21.0. The van der Waals surface area contributed by atoms with Crippen LogP contribution in [0.25, 0.3) is 0 Å². The Morgan fingerprint density at radius 3 is 2.52 bits per heavy atom. The van der Waals surface area contributed by atoms with E-state index in [-0.39, 0.29) is 29.1 Å². The minimum Gasteiger partial charge on any atom is -0.476 e. The number of rotatable bonds is 7. The fourth-order valence-corrected chi connectivity index (χ4v) is 3.66. The lowest BCUT2D eigenvalue weighted by molar-refractivity contribution is -0.113. The fraction of sp³-hybridized carbons (Fsp3) is 0.227. The molecule has 0 aliphatic heterocycles. The number of thioether (sulfide) groups is 1. The van der Waals surface area contributed by atoms with Crippen LogP contribution in [-0.4, -0.2) is 32.5 Å². The van der Waals surface area contributed by atoms with Gasteiger partial charge in [0.05, 0.1) is 23.7 Å². The molecule has 1 aromatic heterocycles. The van der Waals surface area contributed by atoms with Gasteiger partial charge >= 0.3 is 5.97 Å². The van der Waals surface area contributed by atoms with E-state index in [1.807, 2.05) is 69.3 Å². The maximum Gasteiger partial charge on any atom is 0.358 e. The molecular formula is C22H23N3O3S. The molecule has 6 nitrogen and oxygen atoms in total. The van der Waals surface area contributed by atoms with Gasteiger partial charge in [0.15, 0.2) is 5.69 Å². The molecule has 0 fully saturated rings. The van der Waals surface area contributed by atoms with Gasteiger partial charge in [0.2, 0.25) is 5.91 Å². The second kappa shape index (κ2) is 8.96. The highest BCUT2D eigenvalue weighted by atomic mass is 32.2. The van der Waals surface area contributed by atoms with E-state index in [0.717, 1.165) is 10.5 Å². The predicted octanol–water partition coefficient (Wildman–Crippen LogP) is 4.54. The van der Waals surface area contributed by atoms with Crippen LogP contribution >= 0.6 is 11.8 Å². The fourth-order valence-electron chi connectivity index (χ4n) is 2.86. The van der Waals surface area contributed by atoms with E-state index in [4.69, 9.17) is 0 Å². The highest BCUT2D eigenvalue weighted by molar-refractivity contribution is 8.00. The van der Waals surface area contributed by atoms with Crippen LogP contribution in [0.4, 0.5) is 5.69 Å². The van der Waals surface area contributed by atoms with E-state index in [1.165, 1.54) is 22.9 Å². The molecular weight excluding hydrogens is 386 g/mol. The number of carboxylic acid groups (broad SMARTS) is 1. The van der Waals surface area contributed by atoms with Gasteiger partial charge < -0.3 is 10.4 Å². The number of aryl methyl sites for hydroxylation is 2. The molecule has 0 aliphatic rings. The SMILES string of the molecule is Cc1ccc(SCC(=O)Nc2cn(C(C)c3ccccc3)nc2C(=O)O)cc1C. The summed E-state index contributed by atoms with van der Waals surface area (Å²) in [6.07, 6.45) is 1.57. The molecule has 0 aliphatic carbocycles. The summed E-state index contributed by atoms with van der Waals surface area (Å²) in [4.78, 5) is 25.0. The van der Waals surface area contributed by atoms with E-state index in [1.54, 1.807) is 10.9 Å². The zero-order valence-corrected chi connectivity index (χ0v) is 17.4. The number of carboxylic acids is 1. The number of carbonyl (C=O) groups excluding carboxylic acids is 1. The lowest BCUT2D eigenvalue weighted by Gasteiger charge is -2.12. The van der Waals surface area contributed by atoms with Crippen molar-refractivity contribution < 1.29 is 14.7 Å². The number of nitrogens with one attached hydrogen (secondary N) is 1. The smallest absolute Gasteiger partial charge is 0.358 e. The van der Waals surface area contributed by atoms with Gasteiger partial charge in [0, 0.05) is 4.90 Å². The Hall–Kier alpha value is -3.06. The number of nitrogens with zero attached hydrogens (tertiary/aromatic N) is 2. The van der Waals surface area contributed by atoms with Gasteiger partial charge in [-0.05, 0) is 49.6 Å². The van der Waals surface area contributed by atoms with Crippen LogP contribution < -0.4 is 5.32 Å². The van der Waals surface area contributed by atoms with Crippen LogP contribution in [0.1, 0.15) is 40.1 Å². The van der Waals surface area contributed by atoms with Gasteiger partial charge in [-0.2, -0.15) is 5.10 Å². The average Bonchev–Trinajstić information content (AvgIpc) is 3.13. The predicted molar refractivity (Wildman–Crippen MR) is 115 cm³/mol. The quantitative estimate of drug-likeness (QED) is 0.560. The molecule has 1 unspecified atom stereocenters. The summed E-state index contributed by atoms with van der Waals surface area (Å²) in [5, 5.41) is 16.3.